The van der Waals surface area contributed by atoms with E-state index < -0.39 is 39.5 Å². The van der Waals surface area contributed by atoms with Crippen molar-refractivity contribution in [2.24, 2.45) is 0 Å². The fraction of sp³-hybridized carbons (Fsp3) is 0.306. The Kier molecular flexibility index (Phi) is 10.5. The normalized spacial score (nSPS) is 15.1. The number of urea groups is 1. The van der Waals surface area contributed by atoms with Gasteiger partial charge in [0.2, 0.25) is 10.0 Å². The first-order chi connectivity index (χ1) is 24.4. The monoisotopic (exact) mass is 736 g/mol. The molecule has 2 N–H and O–H groups in total. The van der Waals surface area contributed by atoms with Crippen molar-refractivity contribution >= 4 is 43.3 Å². The Morgan fingerprint density at radius 3 is 2.31 bits per heavy atom. The van der Waals surface area contributed by atoms with Gasteiger partial charge in [0.05, 0.1) is 23.9 Å². The third-order valence-electron chi connectivity index (χ3n) is 8.91. The molecule has 0 spiro atoms. The largest absolute Gasteiger partial charge is 0.338 e. The Morgan fingerprint density at radius 1 is 0.980 bits per heavy atom. The van der Waals surface area contributed by atoms with E-state index in [0.29, 0.717) is 53.4 Å². The van der Waals surface area contributed by atoms with Gasteiger partial charge < -0.3 is 15.5 Å². The lowest BCUT2D eigenvalue weighted by Crippen LogP contribution is -2.41. The van der Waals surface area contributed by atoms with Gasteiger partial charge in [-0.25, -0.2) is 31.4 Å². The van der Waals surface area contributed by atoms with Crippen molar-refractivity contribution in [1.29, 1.82) is 0 Å². The summed E-state index contributed by atoms with van der Waals surface area (Å²) < 4.78 is 58.9. The van der Waals surface area contributed by atoms with Crippen molar-refractivity contribution in [2.75, 3.05) is 38.3 Å². The number of rotatable bonds is 11. The van der Waals surface area contributed by atoms with Crippen LogP contribution in [0.5, 0.6) is 0 Å². The average Bonchev–Trinajstić information content (AvgIpc) is 3.70. The number of hydrogen-bond acceptors (Lipinski definition) is 7. The third kappa shape index (κ3) is 7.52. The highest BCUT2D eigenvalue weighted by Crippen LogP contribution is 2.39. The van der Waals surface area contributed by atoms with Gasteiger partial charge in [0.1, 0.15) is 16.5 Å². The predicted octanol–water partition coefficient (Wildman–Crippen LogP) is 5.20. The number of halogens is 2. The quantitative estimate of drug-likeness (QED) is 0.192. The van der Waals surface area contributed by atoms with Crippen LogP contribution in [-0.2, 0) is 23.1 Å². The van der Waals surface area contributed by atoms with Crippen LogP contribution < -0.4 is 21.9 Å². The number of likely N-dealkylation sites (N-methyl/N-ethyl adjacent to an activating group) is 1. The summed E-state index contributed by atoms with van der Waals surface area (Å²) in [6.07, 6.45) is 2.61. The number of nitrogens with zero attached hydrogens (tertiary/aromatic N) is 4. The zero-order valence-corrected chi connectivity index (χ0v) is 30.0. The first-order valence-corrected chi connectivity index (χ1v) is 19.1. The SMILES string of the molecule is CCNC(=O)Nc1ccc(-c2sc3c(c2CN(C)C[C@H]2CCCN2S(C)(=O)=O)c(=O)n(-c2ccccc2)c(=O)n3Cc2c(F)cccc2F)cc1. The summed E-state index contributed by atoms with van der Waals surface area (Å²) in [5.74, 6) is -1.65. The first-order valence-electron chi connectivity index (χ1n) is 16.5. The molecule has 0 saturated carbocycles. The van der Waals surface area contributed by atoms with Gasteiger partial charge in [0, 0.05) is 48.3 Å². The van der Waals surface area contributed by atoms with Crippen LogP contribution in [0.3, 0.4) is 0 Å². The molecule has 1 aliphatic heterocycles. The molecular formula is C36H38F2N6O5S2. The highest BCUT2D eigenvalue weighted by molar-refractivity contribution is 7.88. The molecule has 0 bridgehead atoms. The average molecular weight is 737 g/mol. The fourth-order valence-electron chi connectivity index (χ4n) is 6.60. The molecule has 51 heavy (non-hydrogen) atoms. The molecule has 2 aromatic heterocycles. The topological polar surface area (TPSA) is 126 Å². The number of benzene rings is 3. The second kappa shape index (κ2) is 14.9. The van der Waals surface area contributed by atoms with Gasteiger partial charge in [-0.2, -0.15) is 4.31 Å². The predicted molar refractivity (Wildman–Crippen MR) is 196 cm³/mol. The highest BCUT2D eigenvalue weighted by Gasteiger charge is 2.33. The van der Waals surface area contributed by atoms with E-state index in [9.17, 15) is 22.8 Å². The van der Waals surface area contributed by atoms with Gasteiger partial charge >= 0.3 is 11.7 Å². The van der Waals surface area contributed by atoms with Crippen LogP contribution in [-0.4, -0.2) is 71.8 Å². The summed E-state index contributed by atoms with van der Waals surface area (Å²) in [5.41, 5.74) is 0.404. The van der Waals surface area contributed by atoms with Crippen molar-refractivity contribution in [1.82, 2.24) is 23.7 Å². The Labute approximate surface area is 297 Å². The molecule has 1 saturated heterocycles. The molecule has 0 unspecified atom stereocenters. The maximum Gasteiger partial charge on any atom is 0.337 e. The van der Waals surface area contributed by atoms with Crippen molar-refractivity contribution in [2.45, 2.75) is 38.9 Å². The van der Waals surface area contributed by atoms with Gasteiger partial charge in [0.25, 0.3) is 5.56 Å². The number of fused-ring (bicyclic) bond motifs is 1. The summed E-state index contributed by atoms with van der Waals surface area (Å²) >= 11 is 1.16. The second-order valence-electron chi connectivity index (χ2n) is 12.6. The molecule has 2 amide bonds. The van der Waals surface area contributed by atoms with Crippen LogP contribution in [0.4, 0.5) is 19.3 Å². The van der Waals surface area contributed by atoms with Gasteiger partial charge in [-0.1, -0.05) is 36.4 Å². The zero-order chi connectivity index (χ0) is 36.4. The maximum absolute atomic E-state index is 15.1. The van der Waals surface area contributed by atoms with Gasteiger partial charge in [-0.3, -0.25) is 9.36 Å². The third-order valence-corrected chi connectivity index (χ3v) is 11.5. The number of amides is 2. The molecule has 3 aromatic carbocycles. The van der Waals surface area contributed by atoms with Crippen LogP contribution in [0.15, 0.2) is 82.4 Å². The second-order valence-corrected chi connectivity index (χ2v) is 15.5. The van der Waals surface area contributed by atoms with Crippen molar-refractivity contribution in [3.8, 4) is 16.1 Å². The molecule has 1 atom stereocenters. The molecule has 1 fully saturated rings. The lowest BCUT2D eigenvalue weighted by molar-refractivity contribution is 0.252. The number of carbonyl (C=O) groups is 1. The minimum atomic E-state index is -3.43. The Morgan fingerprint density at radius 2 is 1.67 bits per heavy atom. The number of para-hydroxylation sites is 1. The molecule has 3 heterocycles. The first kappa shape index (κ1) is 36.1. The van der Waals surface area contributed by atoms with Crippen LogP contribution >= 0.6 is 11.3 Å². The fourth-order valence-corrected chi connectivity index (χ4v) is 9.08. The summed E-state index contributed by atoms with van der Waals surface area (Å²) in [6, 6.07) is 18.2. The Balaban J connectivity index is 1.56. The molecule has 268 valence electrons. The lowest BCUT2D eigenvalue weighted by Gasteiger charge is -2.27. The van der Waals surface area contributed by atoms with Crippen LogP contribution in [0.1, 0.15) is 30.9 Å². The number of nitrogens with one attached hydrogen (secondary N) is 2. The molecule has 0 radical (unpaired) electrons. The van der Waals surface area contributed by atoms with E-state index in [-0.39, 0.29) is 34.4 Å². The standard InChI is InChI=1S/C36H38F2N6O5S2/c1-4-39-35(46)40-24-17-15-23(16-18-24)32-28(21-41(2)20-26-12-9-19-43(26)51(3,48)49)31-33(45)44(25-10-6-5-7-11-25)36(47)42(34(31)50-32)22-27-29(37)13-8-14-30(27)38/h5-8,10-11,13-18,26H,4,9,12,19-22H2,1-3H3,(H2,39,40,46)/t26-/m1/s1. The zero-order valence-electron chi connectivity index (χ0n) is 28.4. The van der Waals surface area contributed by atoms with E-state index in [4.69, 9.17) is 0 Å². The van der Waals surface area contributed by atoms with Crippen LogP contribution in [0, 0.1) is 11.6 Å². The van der Waals surface area contributed by atoms with E-state index >= 15 is 8.78 Å². The molecular weight excluding hydrogens is 699 g/mol. The molecule has 6 rings (SSSR count). The number of sulfonamides is 1. The molecule has 11 nitrogen and oxygen atoms in total. The van der Waals surface area contributed by atoms with Crippen LogP contribution in [0.2, 0.25) is 0 Å². The summed E-state index contributed by atoms with van der Waals surface area (Å²) in [4.78, 5) is 43.8. The van der Waals surface area contributed by atoms with Gasteiger partial charge in [-0.05, 0) is 74.3 Å². The van der Waals surface area contributed by atoms with E-state index in [1.807, 2.05) is 11.9 Å². The van der Waals surface area contributed by atoms with E-state index in [2.05, 4.69) is 10.6 Å². The molecule has 15 heteroatoms. The van der Waals surface area contributed by atoms with E-state index in [1.54, 1.807) is 61.5 Å². The number of carbonyl (C=O) groups excluding carboxylic acids is 1. The number of hydrogen-bond donors (Lipinski definition) is 2. The maximum atomic E-state index is 15.1. The van der Waals surface area contributed by atoms with Gasteiger partial charge in [0.15, 0.2) is 0 Å². The van der Waals surface area contributed by atoms with Crippen LogP contribution in [0.25, 0.3) is 26.3 Å². The Hall–Kier alpha value is -4.70. The van der Waals surface area contributed by atoms with Crippen molar-refractivity contribution in [3.05, 3.63) is 116 Å². The van der Waals surface area contributed by atoms with Gasteiger partial charge in [-0.15, -0.1) is 11.3 Å². The summed E-state index contributed by atoms with van der Waals surface area (Å²) in [6.45, 7) is 2.79. The number of thiophene rings is 1. The number of anilines is 1. The van der Waals surface area contributed by atoms with Crippen molar-refractivity contribution < 1.29 is 22.0 Å². The molecule has 5 aromatic rings. The van der Waals surface area contributed by atoms with Crippen molar-refractivity contribution in [3.63, 3.8) is 0 Å². The smallest absolute Gasteiger partial charge is 0.337 e. The Bertz CT molecular complexity index is 2290. The minimum Gasteiger partial charge on any atom is -0.338 e. The van der Waals surface area contributed by atoms with E-state index in [0.717, 1.165) is 34.5 Å². The summed E-state index contributed by atoms with van der Waals surface area (Å²) in [5, 5.41) is 5.65. The lowest BCUT2D eigenvalue weighted by atomic mass is 10.1. The molecule has 1 aliphatic rings. The summed E-state index contributed by atoms with van der Waals surface area (Å²) in [7, 11) is -1.59. The highest BCUT2D eigenvalue weighted by atomic mass is 32.2. The molecule has 0 aliphatic carbocycles. The number of aromatic nitrogens is 2. The van der Waals surface area contributed by atoms with E-state index in [1.165, 1.54) is 21.2 Å². The minimum absolute atomic E-state index is 0.193.